The van der Waals surface area contributed by atoms with Crippen molar-refractivity contribution < 1.29 is 17.6 Å². The van der Waals surface area contributed by atoms with Crippen molar-refractivity contribution in [2.45, 2.75) is 30.8 Å². The van der Waals surface area contributed by atoms with E-state index in [1.54, 1.807) is 53.4 Å². The number of nitrogens with one attached hydrogen (secondary N) is 1. The molecule has 3 rings (SSSR count). The number of carbonyl (C=O) groups is 1. The minimum Gasteiger partial charge on any atom is -0.334 e. The number of nitriles is 1. The van der Waals surface area contributed by atoms with Crippen LogP contribution >= 0.6 is 0 Å². The molecule has 0 heterocycles. The van der Waals surface area contributed by atoms with Crippen LogP contribution < -0.4 is 4.72 Å². The van der Waals surface area contributed by atoms with Crippen molar-refractivity contribution in [3.8, 4) is 6.07 Å². The van der Waals surface area contributed by atoms with Gasteiger partial charge in [0.05, 0.1) is 16.5 Å². The number of hydrogen-bond acceptors (Lipinski definition) is 4. The van der Waals surface area contributed by atoms with Crippen LogP contribution in [0.15, 0.2) is 77.7 Å². The third-order valence-electron chi connectivity index (χ3n) is 5.20. The Labute approximate surface area is 193 Å². The summed E-state index contributed by atoms with van der Waals surface area (Å²) in [5.41, 5.74) is 2.91. The quantitative estimate of drug-likeness (QED) is 0.521. The lowest BCUT2D eigenvalue weighted by atomic mass is 10.1. The zero-order valence-corrected chi connectivity index (χ0v) is 19.0. The van der Waals surface area contributed by atoms with E-state index in [1.165, 1.54) is 31.3 Å². The van der Waals surface area contributed by atoms with Crippen LogP contribution in [-0.4, -0.2) is 26.3 Å². The third kappa shape index (κ3) is 6.72. The van der Waals surface area contributed by atoms with Crippen molar-refractivity contribution in [3.63, 3.8) is 0 Å². The van der Waals surface area contributed by atoms with E-state index in [1.807, 2.05) is 0 Å². The molecule has 6 nitrogen and oxygen atoms in total. The first-order chi connectivity index (χ1) is 15.8. The van der Waals surface area contributed by atoms with Crippen molar-refractivity contribution in [2.75, 3.05) is 7.05 Å². The SMILES string of the molecule is CNS(=O)(=O)c1ccc(CCC(=O)N(Cc2ccc(C#N)cc2)Cc2cccc(F)c2)cc1. The Kier molecular flexibility index (Phi) is 7.93. The number of amides is 1. The molecule has 1 amide bonds. The van der Waals surface area contributed by atoms with Gasteiger partial charge in [-0.15, -0.1) is 0 Å². The number of nitrogens with zero attached hydrogens (tertiary/aromatic N) is 2. The molecule has 0 aromatic heterocycles. The van der Waals surface area contributed by atoms with Gasteiger partial charge >= 0.3 is 0 Å². The first-order valence-corrected chi connectivity index (χ1v) is 11.8. The molecule has 8 heteroatoms. The zero-order valence-electron chi connectivity index (χ0n) is 18.2. The molecule has 3 aromatic carbocycles. The average molecular weight is 466 g/mol. The van der Waals surface area contributed by atoms with Gasteiger partial charge in [0.25, 0.3) is 0 Å². The fraction of sp³-hybridized carbons (Fsp3) is 0.200. The van der Waals surface area contributed by atoms with E-state index in [4.69, 9.17) is 5.26 Å². The number of benzene rings is 3. The Morgan fingerprint density at radius 3 is 2.21 bits per heavy atom. The summed E-state index contributed by atoms with van der Waals surface area (Å²) in [6, 6.07) is 21.6. The van der Waals surface area contributed by atoms with Crippen molar-refractivity contribution in [2.24, 2.45) is 0 Å². The van der Waals surface area contributed by atoms with Crippen molar-refractivity contribution in [1.29, 1.82) is 5.26 Å². The molecule has 0 radical (unpaired) electrons. The lowest BCUT2D eigenvalue weighted by Crippen LogP contribution is -2.30. The smallest absolute Gasteiger partial charge is 0.240 e. The highest BCUT2D eigenvalue weighted by molar-refractivity contribution is 7.89. The van der Waals surface area contributed by atoms with Gasteiger partial charge in [-0.25, -0.2) is 17.5 Å². The standard InChI is InChI=1S/C25H24FN3O3S/c1-28-33(31,32)24-12-9-19(10-13-24)11-14-25(30)29(18-22-3-2-4-23(26)15-22)17-21-7-5-20(16-27)6-8-21/h2-10,12-13,15,28H,11,14,17-18H2,1H3. The Morgan fingerprint density at radius 2 is 1.61 bits per heavy atom. The molecule has 0 saturated heterocycles. The summed E-state index contributed by atoms with van der Waals surface area (Å²) in [5, 5.41) is 8.99. The van der Waals surface area contributed by atoms with E-state index in [9.17, 15) is 17.6 Å². The number of rotatable bonds is 9. The number of carbonyl (C=O) groups excluding carboxylic acids is 1. The molecule has 0 fully saturated rings. The van der Waals surface area contributed by atoms with Gasteiger partial charge in [0.2, 0.25) is 15.9 Å². The second kappa shape index (κ2) is 10.9. The number of aryl methyl sites for hydroxylation is 1. The molecule has 0 spiro atoms. The summed E-state index contributed by atoms with van der Waals surface area (Å²) in [6.45, 7) is 0.566. The fourth-order valence-electron chi connectivity index (χ4n) is 3.36. The summed E-state index contributed by atoms with van der Waals surface area (Å²) >= 11 is 0. The van der Waals surface area contributed by atoms with E-state index in [-0.39, 0.29) is 29.6 Å². The molecule has 33 heavy (non-hydrogen) atoms. The van der Waals surface area contributed by atoms with Gasteiger partial charge in [-0.2, -0.15) is 5.26 Å². The van der Waals surface area contributed by atoms with Crippen LogP contribution in [0.5, 0.6) is 0 Å². The maximum Gasteiger partial charge on any atom is 0.240 e. The van der Waals surface area contributed by atoms with Gasteiger partial charge in [0.15, 0.2) is 0 Å². The molecule has 0 bridgehead atoms. The maximum atomic E-state index is 13.7. The molecule has 0 aliphatic carbocycles. The Morgan fingerprint density at radius 1 is 0.970 bits per heavy atom. The van der Waals surface area contributed by atoms with Crippen LogP contribution in [-0.2, 0) is 34.3 Å². The molecule has 3 aromatic rings. The predicted octanol–water partition coefficient (Wildman–Crippen LogP) is 3.77. The van der Waals surface area contributed by atoms with Crippen molar-refractivity contribution in [3.05, 3.63) is 101 Å². The molecule has 0 aliphatic heterocycles. The van der Waals surface area contributed by atoms with E-state index < -0.39 is 10.0 Å². The minimum absolute atomic E-state index is 0.115. The van der Waals surface area contributed by atoms with E-state index in [0.717, 1.165) is 11.1 Å². The molecule has 0 aliphatic rings. The Balaban J connectivity index is 1.73. The number of sulfonamides is 1. The first kappa shape index (κ1) is 24.1. The van der Waals surface area contributed by atoms with Gasteiger partial charge in [0, 0.05) is 19.5 Å². The first-order valence-electron chi connectivity index (χ1n) is 10.3. The Hall–Kier alpha value is -3.54. The monoisotopic (exact) mass is 465 g/mol. The average Bonchev–Trinajstić information content (AvgIpc) is 2.83. The van der Waals surface area contributed by atoms with Gasteiger partial charge in [-0.3, -0.25) is 4.79 Å². The number of hydrogen-bond donors (Lipinski definition) is 1. The van der Waals surface area contributed by atoms with Gasteiger partial charge in [0.1, 0.15) is 5.82 Å². The molecule has 170 valence electrons. The van der Waals surface area contributed by atoms with E-state index >= 15 is 0 Å². The van der Waals surface area contributed by atoms with Gasteiger partial charge in [-0.05, 0) is 66.6 Å². The zero-order chi connectivity index (χ0) is 23.8. The van der Waals surface area contributed by atoms with Crippen molar-refractivity contribution >= 4 is 15.9 Å². The minimum atomic E-state index is -3.51. The molecule has 0 saturated carbocycles. The van der Waals surface area contributed by atoms with Gasteiger partial charge in [-0.1, -0.05) is 36.4 Å². The lowest BCUT2D eigenvalue weighted by molar-refractivity contribution is -0.132. The van der Waals surface area contributed by atoms with Crippen molar-refractivity contribution in [1.82, 2.24) is 9.62 Å². The fourth-order valence-corrected chi connectivity index (χ4v) is 4.09. The highest BCUT2D eigenvalue weighted by atomic mass is 32.2. The maximum absolute atomic E-state index is 13.7. The normalized spacial score (nSPS) is 11.1. The van der Waals surface area contributed by atoms with Crippen LogP contribution in [0.4, 0.5) is 4.39 Å². The summed E-state index contributed by atoms with van der Waals surface area (Å²) < 4.78 is 39.7. The molecule has 0 unspecified atom stereocenters. The molecular formula is C25H24FN3O3S. The lowest BCUT2D eigenvalue weighted by Gasteiger charge is -2.23. The second-order valence-electron chi connectivity index (χ2n) is 7.54. The topological polar surface area (TPSA) is 90.3 Å². The Bertz CT molecular complexity index is 1250. The highest BCUT2D eigenvalue weighted by Crippen LogP contribution is 2.16. The highest BCUT2D eigenvalue weighted by Gasteiger charge is 2.16. The van der Waals surface area contributed by atoms with Gasteiger partial charge < -0.3 is 4.90 Å². The van der Waals surface area contributed by atoms with E-state index in [0.29, 0.717) is 24.1 Å². The molecule has 0 atom stereocenters. The molecular weight excluding hydrogens is 441 g/mol. The van der Waals surface area contributed by atoms with Crippen LogP contribution in [0.2, 0.25) is 0 Å². The molecule has 1 N–H and O–H groups in total. The predicted molar refractivity (Wildman–Crippen MR) is 123 cm³/mol. The summed E-state index contributed by atoms with van der Waals surface area (Å²) in [7, 11) is -2.16. The largest absolute Gasteiger partial charge is 0.334 e. The second-order valence-corrected chi connectivity index (χ2v) is 9.43. The summed E-state index contributed by atoms with van der Waals surface area (Å²) in [5.74, 6) is -0.481. The van der Waals surface area contributed by atoms with Crippen LogP contribution in [0.3, 0.4) is 0 Å². The summed E-state index contributed by atoms with van der Waals surface area (Å²) in [6.07, 6.45) is 0.648. The van der Waals surface area contributed by atoms with Crippen LogP contribution in [0.1, 0.15) is 28.7 Å². The third-order valence-corrected chi connectivity index (χ3v) is 6.63. The van der Waals surface area contributed by atoms with Crippen LogP contribution in [0.25, 0.3) is 0 Å². The van der Waals surface area contributed by atoms with E-state index in [2.05, 4.69) is 10.8 Å². The number of halogens is 1. The van der Waals surface area contributed by atoms with Crippen LogP contribution in [0, 0.1) is 17.1 Å². The summed E-state index contributed by atoms with van der Waals surface area (Å²) in [4.78, 5) is 14.9.